The van der Waals surface area contributed by atoms with Crippen molar-refractivity contribution in [1.82, 2.24) is 15.3 Å². The van der Waals surface area contributed by atoms with Crippen LogP contribution >= 0.6 is 12.2 Å². The molecule has 1 saturated heterocycles. The lowest BCUT2D eigenvalue weighted by atomic mass is 9.79. The van der Waals surface area contributed by atoms with Gasteiger partial charge in [-0.3, -0.25) is 14.8 Å². The molecule has 0 bridgehead atoms. The average Bonchev–Trinajstić information content (AvgIpc) is 2.47. The van der Waals surface area contributed by atoms with Crippen LogP contribution in [0, 0.1) is 12.3 Å². The number of rotatable bonds is 4. The summed E-state index contributed by atoms with van der Waals surface area (Å²) in [5.74, 6) is -0.157. The summed E-state index contributed by atoms with van der Waals surface area (Å²) in [6.07, 6.45) is 4.35. The van der Waals surface area contributed by atoms with Gasteiger partial charge in [0.15, 0.2) is 0 Å². The van der Waals surface area contributed by atoms with Gasteiger partial charge < -0.3 is 15.8 Å². The molecule has 108 valence electrons. The van der Waals surface area contributed by atoms with Crippen LogP contribution in [0.25, 0.3) is 0 Å². The van der Waals surface area contributed by atoms with E-state index in [1.807, 2.05) is 6.92 Å². The molecule has 1 aliphatic heterocycles. The molecule has 7 heteroatoms. The zero-order valence-corrected chi connectivity index (χ0v) is 12.2. The Labute approximate surface area is 123 Å². The van der Waals surface area contributed by atoms with Crippen molar-refractivity contribution in [3.05, 3.63) is 23.8 Å². The van der Waals surface area contributed by atoms with Crippen molar-refractivity contribution in [3.63, 3.8) is 0 Å². The van der Waals surface area contributed by atoms with E-state index in [1.54, 1.807) is 12.4 Å². The quantitative estimate of drug-likeness (QED) is 0.785. The maximum absolute atomic E-state index is 12.4. The number of hydrogen-bond donors (Lipinski definition) is 2. The summed E-state index contributed by atoms with van der Waals surface area (Å²) in [5.41, 5.74) is 6.52. The minimum Gasteiger partial charge on any atom is -0.392 e. The van der Waals surface area contributed by atoms with E-state index in [1.165, 1.54) is 0 Å². The molecule has 0 spiro atoms. The van der Waals surface area contributed by atoms with Crippen molar-refractivity contribution in [3.8, 4) is 0 Å². The highest BCUT2D eigenvalue weighted by atomic mass is 32.1. The van der Waals surface area contributed by atoms with E-state index in [9.17, 15) is 4.79 Å². The fourth-order valence-corrected chi connectivity index (χ4v) is 2.45. The Hall–Kier alpha value is -1.60. The summed E-state index contributed by atoms with van der Waals surface area (Å²) in [6.45, 7) is 3.17. The molecule has 1 aromatic rings. The highest BCUT2D eigenvalue weighted by molar-refractivity contribution is 7.80. The summed E-state index contributed by atoms with van der Waals surface area (Å²) < 4.78 is 5.28. The summed E-state index contributed by atoms with van der Waals surface area (Å²) >= 11 is 5.09. The second kappa shape index (κ2) is 6.23. The molecular weight excluding hydrogens is 276 g/mol. The van der Waals surface area contributed by atoms with Gasteiger partial charge in [-0.1, -0.05) is 12.2 Å². The molecule has 1 aliphatic rings. The molecule has 0 saturated carbocycles. The number of amides is 1. The van der Waals surface area contributed by atoms with Gasteiger partial charge in [0.1, 0.15) is 5.41 Å². The predicted octanol–water partition coefficient (Wildman–Crippen LogP) is 0.484. The van der Waals surface area contributed by atoms with Crippen molar-refractivity contribution in [1.29, 1.82) is 0 Å². The molecule has 1 aromatic heterocycles. The van der Waals surface area contributed by atoms with E-state index >= 15 is 0 Å². The zero-order chi connectivity index (χ0) is 14.6. The largest absolute Gasteiger partial charge is 0.392 e. The van der Waals surface area contributed by atoms with Gasteiger partial charge in [-0.2, -0.15) is 0 Å². The van der Waals surface area contributed by atoms with E-state index in [4.69, 9.17) is 22.7 Å². The van der Waals surface area contributed by atoms with E-state index in [2.05, 4.69) is 15.3 Å². The molecule has 20 heavy (non-hydrogen) atoms. The summed E-state index contributed by atoms with van der Waals surface area (Å²) in [4.78, 5) is 21.0. The highest BCUT2D eigenvalue weighted by Crippen LogP contribution is 2.31. The fourth-order valence-electron chi connectivity index (χ4n) is 2.16. The van der Waals surface area contributed by atoms with Crippen molar-refractivity contribution in [2.24, 2.45) is 11.1 Å². The van der Waals surface area contributed by atoms with Crippen molar-refractivity contribution in [2.75, 3.05) is 13.2 Å². The Balaban J connectivity index is 2.02. The SMILES string of the molecule is Cc1cnc(CNC(=O)C2(C(N)=S)CCOCC2)cn1. The first-order chi connectivity index (χ1) is 9.54. The number of carbonyl (C=O) groups excluding carboxylic acids is 1. The van der Waals surface area contributed by atoms with E-state index in [-0.39, 0.29) is 10.9 Å². The molecular formula is C13H18N4O2S. The lowest BCUT2D eigenvalue weighted by Gasteiger charge is -2.34. The molecule has 0 unspecified atom stereocenters. The van der Waals surface area contributed by atoms with Crippen LogP contribution in [0.3, 0.4) is 0 Å². The van der Waals surface area contributed by atoms with Crippen LogP contribution in [0.1, 0.15) is 24.2 Å². The second-order valence-electron chi connectivity index (χ2n) is 4.89. The number of hydrogen-bond acceptors (Lipinski definition) is 5. The number of thiocarbonyl (C=S) groups is 1. The van der Waals surface area contributed by atoms with Gasteiger partial charge in [-0.15, -0.1) is 0 Å². The van der Waals surface area contributed by atoms with Crippen molar-refractivity contribution in [2.45, 2.75) is 26.3 Å². The molecule has 0 atom stereocenters. The molecule has 2 heterocycles. The number of aromatic nitrogens is 2. The monoisotopic (exact) mass is 294 g/mol. The lowest BCUT2D eigenvalue weighted by Crippen LogP contribution is -2.51. The van der Waals surface area contributed by atoms with Crippen LogP contribution in [0.2, 0.25) is 0 Å². The number of carbonyl (C=O) groups is 1. The van der Waals surface area contributed by atoms with E-state index < -0.39 is 5.41 Å². The topological polar surface area (TPSA) is 90.1 Å². The first kappa shape index (κ1) is 14.8. The van der Waals surface area contributed by atoms with Gasteiger partial charge in [0.25, 0.3) is 0 Å². The summed E-state index contributed by atoms with van der Waals surface area (Å²) in [7, 11) is 0. The van der Waals surface area contributed by atoms with Crippen molar-refractivity contribution >= 4 is 23.1 Å². The average molecular weight is 294 g/mol. The van der Waals surface area contributed by atoms with Gasteiger partial charge in [-0.25, -0.2) is 0 Å². The van der Waals surface area contributed by atoms with Crippen molar-refractivity contribution < 1.29 is 9.53 Å². The van der Waals surface area contributed by atoms with Crippen LogP contribution < -0.4 is 11.1 Å². The zero-order valence-electron chi connectivity index (χ0n) is 11.4. The molecule has 6 nitrogen and oxygen atoms in total. The van der Waals surface area contributed by atoms with Crippen LogP contribution in [-0.4, -0.2) is 34.1 Å². The van der Waals surface area contributed by atoms with Crippen LogP contribution in [-0.2, 0) is 16.1 Å². The second-order valence-corrected chi connectivity index (χ2v) is 5.33. The number of nitrogens with two attached hydrogens (primary N) is 1. The van der Waals surface area contributed by atoms with Crippen LogP contribution in [0.4, 0.5) is 0 Å². The van der Waals surface area contributed by atoms with E-state index in [0.717, 1.165) is 5.69 Å². The Morgan fingerprint density at radius 1 is 1.45 bits per heavy atom. The smallest absolute Gasteiger partial charge is 0.233 e. The van der Waals surface area contributed by atoms with Gasteiger partial charge in [0.05, 0.1) is 29.1 Å². The maximum atomic E-state index is 12.4. The molecule has 0 aromatic carbocycles. The standard InChI is InChI=1S/C13H18N4O2S/c1-9-6-16-10(7-15-9)8-17-12(18)13(11(14)20)2-4-19-5-3-13/h6-7H,2-5,8H2,1H3,(H2,14,20)(H,17,18). The van der Waals surface area contributed by atoms with Gasteiger partial charge in [0, 0.05) is 19.4 Å². The molecule has 0 radical (unpaired) electrons. The minimum atomic E-state index is -0.800. The molecule has 0 aliphatic carbocycles. The first-order valence-corrected chi connectivity index (χ1v) is 6.89. The third-order valence-electron chi connectivity index (χ3n) is 3.52. The fraction of sp³-hybridized carbons (Fsp3) is 0.538. The molecule has 2 rings (SSSR count). The third-order valence-corrected chi connectivity index (χ3v) is 3.91. The minimum absolute atomic E-state index is 0.157. The number of ether oxygens (including phenoxy) is 1. The third kappa shape index (κ3) is 3.10. The summed E-state index contributed by atoms with van der Waals surface area (Å²) in [6, 6.07) is 0. The molecule has 3 N–H and O–H groups in total. The van der Waals surface area contributed by atoms with Gasteiger partial charge >= 0.3 is 0 Å². The number of nitrogens with one attached hydrogen (secondary N) is 1. The van der Waals surface area contributed by atoms with Gasteiger partial charge in [-0.05, 0) is 19.8 Å². The Bertz CT molecular complexity index is 498. The maximum Gasteiger partial charge on any atom is 0.233 e. The van der Waals surface area contributed by atoms with Crippen LogP contribution in [0.15, 0.2) is 12.4 Å². The normalized spacial score (nSPS) is 17.4. The Morgan fingerprint density at radius 2 is 2.15 bits per heavy atom. The lowest BCUT2D eigenvalue weighted by molar-refractivity contribution is -0.131. The molecule has 1 amide bonds. The number of aryl methyl sites for hydroxylation is 1. The Kier molecular flexibility index (Phi) is 4.61. The highest BCUT2D eigenvalue weighted by Gasteiger charge is 2.42. The van der Waals surface area contributed by atoms with E-state index in [0.29, 0.717) is 38.3 Å². The Morgan fingerprint density at radius 3 is 2.70 bits per heavy atom. The predicted molar refractivity (Wildman–Crippen MR) is 77.9 cm³/mol. The first-order valence-electron chi connectivity index (χ1n) is 6.48. The molecule has 1 fully saturated rings. The summed E-state index contributed by atoms with van der Waals surface area (Å²) in [5, 5.41) is 2.85. The number of nitrogens with zero attached hydrogens (tertiary/aromatic N) is 2. The van der Waals surface area contributed by atoms with Crippen LogP contribution in [0.5, 0.6) is 0 Å². The van der Waals surface area contributed by atoms with Gasteiger partial charge in [0.2, 0.25) is 5.91 Å².